The Morgan fingerprint density at radius 3 is 2.07 bits per heavy atom. The van der Waals surface area contributed by atoms with Crippen LogP contribution in [0.2, 0.25) is 0 Å². The molecule has 2 aromatic carbocycles. The van der Waals surface area contributed by atoms with Gasteiger partial charge in [0, 0.05) is 6.54 Å². The molecule has 0 atom stereocenters. The average Bonchev–Trinajstić information content (AvgIpc) is 3.52. The van der Waals surface area contributed by atoms with Crippen molar-refractivity contribution in [3.63, 3.8) is 0 Å². The van der Waals surface area contributed by atoms with Crippen LogP contribution in [-0.4, -0.2) is 18.4 Å². The van der Waals surface area contributed by atoms with E-state index in [1.54, 1.807) is 0 Å². The summed E-state index contributed by atoms with van der Waals surface area (Å²) >= 11 is 5.48. The number of aryl methyl sites for hydroxylation is 2. The lowest BCUT2D eigenvalue weighted by Crippen LogP contribution is -2.35. The van der Waals surface area contributed by atoms with Crippen LogP contribution in [0.1, 0.15) is 42.4 Å². The van der Waals surface area contributed by atoms with Gasteiger partial charge in [0.2, 0.25) is 0 Å². The van der Waals surface area contributed by atoms with E-state index in [1.807, 2.05) is 18.2 Å². The van der Waals surface area contributed by atoms with E-state index in [1.165, 1.54) is 11.1 Å². The van der Waals surface area contributed by atoms with Gasteiger partial charge in [-0.3, -0.25) is 4.79 Å². The number of benzene rings is 2. The molecule has 1 fully saturated rings. The molecule has 2 aromatic rings. The number of rotatable bonds is 10. The fraction of sp³-hybridized carbons (Fsp3) is 0.391. The molecule has 0 heterocycles. The number of unbranched alkanes of at least 4 members (excludes halogenated alkanes) is 1. The Morgan fingerprint density at radius 1 is 0.897 bits per heavy atom. The number of carbonyl (C=O) groups excluding carboxylic acids is 2. The molecule has 154 valence electrons. The highest BCUT2D eigenvalue weighted by Crippen LogP contribution is 2.46. The third-order valence-electron chi connectivity index (χ3n) is 5.36. The molecule has 0 radical (unpaired) electrons. The van der Waals surface area contributed by atoms with Gasteiger partial charge in [-0.15, -0.1) is 0 Å². The van der Waals surface area contributed by atoms with Crippen molar-refractivity contribution in [2.24, 2.45) is 5.41 Å². The summed E-state index contributed by atoms with van der Waals surface area (Å²) in [5.41, 5.74) is 5.18. The summed E-state index contributed by atoms with van der Waals surface area (Å²) < 4.78 is 0. The van der Waals surface area contributed by atoms with E-state index in [0.717, 1.165) is 31.2 Å². The van der Waals surface area contributed by atoms with Gasteiger partial charge in [-0.1, -0.05) is 54.6 Å². The van der Waals surface area contributed by atoms with Crippen LogP contribution in [0.15, 0.2) is 54.6 Å². The first-order valence-corrected chi connectivity index (χ1v) is 10.4. The monoisotopic (exact) mass is 414 g/mol. The average molecular weight is 415 g/mol. The Kier molecular flexibility index (Phi) is 7.67. The van der Waals surface area contributed by atoms with Gasteiger partial charge in [-0.25, -0.2) is 9.63 Å². The summed E-state index contributed by atoms with van der Waals surface area (Å²) in [6.45, 7) is 0.343. The Hall–Kier alpha value is -2.37. The number of nitrogens with one attached hydrogen (secondary N) is 2. The molecule has 5 nitrogen and oxygen atoms in total. The van der Waals surface area contributed by atoms with Gasteiger partial charge < -0.3 is 4.84 Å². The summed E-state index contributed by atoms with van der Waals surface area (Å²) in [6.07, 6.45) is 6.00. The highest BCUT2D eigenvalue weighted by Gasteiger charge is 2.51. The predicted molar refractivity (Wildman–Crippen MR) is 113 cm³/mol. The Balaban J connectivity index is 1.35. The summed E-state index contributed by atoms with van der Waals surface area (Å²) in [5, 5.41) is 0. The maximum absolute atomic E-state index is 12.0. The molecule has 3 rings (SSSR count). The zero-order valence-electron chi connectivity index (χ0n) is 16.5. The standard InChI is InChI=1S/C23H27ClN2O3/c24-25-17-23(14-15-23)22(28)29-26-21(27)16-20-12-10-19(11-13-20)9-5-4-8-18-6-2-1-3-7-18/h1-3,6-7,10-13,25H,4-5,8-9,14-17H2,(H,26,27). The van der Waals surface area contributed by atoms with Crippen molar-refractivity contribution in [2.45, 2.75) is 44.9 Å². The van der Waals surface area contributed by atoms with E-state index in [4.69, 9.17) is 16.6 Å². The van der Waals surface area contributed by atoms with Crippen molar-refractivity contribution in [2.75, 3.05) is 6.54 Å². The molecule has 2 N–H and O–H groups in total. The van der Waals surface area contributed by atoms with Gasteiger partial charge in [0.05, 0.1) is 11.8 Å². The van der Waals surface area contributed by atoms with Crippen LogP contribution in [0.4, 0.5) is 0 Å². The largest absolute Gasteiger partial charge is 0.340 e. The van der Waals surface area contributed by atoms with Crippen molar-refractivity contribution >= 4 is 23.7 Å². The minimum Gasteiger partial charge on any atom is -0.340 e. The van der Waals surface area contributed by atoms with Gasteiger partial charge in [0.25, 0.3) is 5.91 Å². The SMILES string of the molecule is O=C(Cc1ccc(CCCCc2ccccc2)cc1)NOC(=O)C1(CNCl)CC1. The van der Waals surface area contributed by atoms with E-state index in [9.17, 15) is 9.59 Å². The van der Waals surface area contributed by atoms with Crippen molar-refractivity contribution in [3.8, 4) is 0 Å². The smallest absolute Gasteiger partial charge is 0.339 e. The van der Waals surface area contributed by atoms with Gasteiger partial charge in [-0.2, -0.15) is 5.48 Å². The molecule has 0 spiro atoms. The fourth-order valence-electron chi connectivity index (χ4n) is 3.29. The maximum atomic E-state index is 12.0. The zero-order valence-corrected chi connectivity index (χ0v) is 17.2. The van der Waals surface area contributed by atoms with Crippen LogP contribution in [0.25, 0.3) is 0 Å². The van der Waals surface area contributed by atoms with E-state index in [2.05, 4.69) is 46.7 Å². The van der Waals surface area contributed by atoms with E-state index in [-0.39, 0.29) is 12.3 Å². The minimum absolute atomic E-state index is 0.169. The first-order valence-electron chi connectivity index (χ1n) is 10.1. The summed E-state index contributed by atoms with van der Waals surface area (Å²) in [5.74, 6) is -0.784. The molecule has 1 aliphatic carbocycles. The van der Waals surface area contributed by atoms with Crippen LogP contribution < -0.4 is 10.3 Å². The van der Waals surface area contributed by atoms with Crippen LogP contribution in [-0.2, 0) is 33.7 Å². The molecule has 6 heteroatoms. The Labute approximate surface area is 176 Å². The molecular weight excluding hydrogens is 388 g/mol. The molecule has 0 bridgehead atoms. The zero-order chi connectivity index (χ0) is 20.5. The van der Waals surface area contributed by atoms with Crippen molar-refractivity contribution in [1.82, 2.24) is 10.3 Å². The molecule has 1 saturated carbocycles. The van der Waals surface area contributed by atoms with Crippen LogP contribution in [0.3, 0.4) is 0 Å². The lowest BCUT2D eigenvalue weighted by Gasteiger charge is -2.12. The molecule has 0 aliphatic heterocycles. The molecule has 0 saturated heterocycles. The third kappa shape index (κ3) is 6.58. The molecule has 1 amide bonds. The maximum Gasteiger partial charge on any atom is 0.339 e. The quantitative estimate of drug-likeness (QED) is 0.351. The lowest BCUT2D eigenvalue weighted by atomic mass is 10.0. The van der Waals surface area contributed by atoms with Gasteiger partial charge in [0.1, 0.15) is 0 Å². The molecule has 0 aromatic heterocycles. The van der Waals surface area contributed by atoms with Gasteiger partial charge in [0.15, 0.2) is 0 Å². The van der Waals surface area contributed by atoms with Crippen molar-refractivity contribution < 1.29 is 14.4 Å². The second kappa shape index (κ2) is 10.4. The minimum atomic E-state index is -0.586. The van der Waals surface area contributed by atoms with E-state index in [0.29, 0.717) is 19.4 Å². The van der Waals surface area contributed by atoms with E-state index < -0.39 is 11.4 Å². The Bertz CT molecular complexity index is 805. The topological polar surface area (TPSA) is 67.4 Å². The number of hydrogen-bond acceptors (Lipinski definition) is 4. The first kappa shape index (κ1) is 21.3. The molecule has 29 heavy (non-hydrogen) atoms. The number of halogens is 1. The van der Waals surface area contributed by atoms with Gasteiger partial charge >= 0.3 is 5.97 Å². The predicted octanol–water partition coefficient (Wildman–Crippen LogP) is 3.89. The second-order valence-corrected chi connectivity index (χ2v) is 7.96. The molecule has 0 unspecified atom stereocenters. The summed E-state index contributed by atoms with van der Waals surface area (Å²) in [7, 11) is 0. The lowest BCUT2D eigenvalue weighted by molar-refractivity contribution is -0.163. The van der Waals surface area contributed by atoms with Gasteiger partial charge in [-0.05, 0) is 67.0 Å². The van der Waals surface area contributed by atoms with Crippen LogP contribution in [0.5, 0.6) is 0 Å². The number of amides is 1. The molecule has 1 aliphatic rings. The first-order chi connectivity index (χ1) is 14.1. The number of carbonyl (C=O) groups is 2. The van der Waals surface area contributed by atoms with Crippen molar-refractivity contribution in [3.05, 3.63) is 71.3 Å². The molecular formula is C23H27ClN2O3. The Morgan fingerprint density at radius 2 is 1.48 bits per heavy atom. The second-order valence-electron chi connectivity index (χ2n) is 7.69. The highest BCUT2D eigenvalue weighted by molar-refractivity contribution is 6.13. The van der Waals surface area contributed by atoms with E-state index >= 15 is 0 Å². The number of hydrogen-bond donors (Lipinski definition) is 2. The van der Waals surface area contributed by atoms with Crippen LogP contribution >= 0.6 is 11.8 Å². The highest BCUT2D eigenvalue weighted by atomic mass is 35.5. The normalized spacial score (nSPS) is 14.2. The summed E-state index contributed by atoms with van der Waals surface area (Å²) in [4.78, 5) is 31.4. The third-order valence-corrected chi connectivity index (χ3v) is 5.49. The number of hydroxylamine groups is 1. The van der Waals surface area contributed by atoms with Crippen LogP contribution in [0, 0.1) is 5.41 Å². The van der Waals surface area contributed by atoms with Crippen molar-refractivity contribution in [1.29, 1.82) is 0 Å². The fourth-order valence-corrected chi connectivity index (χ4v) is 3.55. The summed E-state index contributed by atoms with van der Waals surface area (Å²) in [6, 6.07) is 18.5.